The number of anilines is 1. The van der Waals surface area contributed by atoms with Crippen LogP contribution >= 0.6 is 11.8 Å². The number of hydrogen-bond acceptors (Lipinski definition) is 5. The number of hydrogen-bond donors (Lipinski definition) is 1. The van der Waals surface area contributed by atoms with Gasteiger partial charge in [-0.3, -0.25) is 9.59 Å². The van der Waals surface area contributed by atoms with E-state index in [9.17, 15) is 23.2 Å². The molecule has 0 aliphatic carbocycles. The van der Waals surface area contributed by atoms with E-state index in [1.165, 1.54) is 36.4 Å². The minimum absolute atomic E-state index is 0.187. The number of aldehydes is 1. The minimum atomic E-state index is -2.62. The molecule has 0 radical (unpaired) electrons. The molecule has 8 heteroatoms. The maximum atomic E-state index is 12.5. The van der Waals surface area contributed by atoms with E-state index in [-0.39, 0.29) is 16.1 Å². The SMILES string of the molecule is O=Cc1ccc(C(=O)OCC(=O)Nc2ccccc2SC(F)F)cc1. The zero-order chi connectivity index (χ0) is 18.2. The minimum Gasteiger partial charge on any atom is -0.452 e. The molecule has 25 heavy (non-hydrogen) atoms. The second kappa shape index (κ2) is 8.93. The van der Waals surface area contributed by atoms with Crippen LogP contribution < -0.4 is 5.32 Å². The molecule has 0 saturated heterocycles. The highest BCUT2D eigenvalue weighted by Crippen LogP contribution is 2.31. The molecule has 2 rings (SSSR count). The molecule has 2 aromatic carbocycles. The molecule has 1 amide bonds. The van der Waals surface area contributed by atoms with E-state index in [1.807, 2.05) is 0 Å². The summed E-state index contributed by atoms with van der Waals surface area (Å²) in [5, 5.41) is 2.42. The Kier molecular flexibility index (Phi) is 6.64. The second-order valence-electron chi connectivity index (χ2n) is 4.74. The van der Waals surface area contributed by atoms with E-state index < -0.39 is 24.2 Å². The number of thioether (sulfide) groups is 1. The lowest BCUT2D eigenvalue weighted by molar-refractivity contribution is -0.119. The summed E-state index contributed by atoms with van der Waals surface area (Å²) in [5.74, 6) is -4.01. The van der Waals surface area contributed by atoms with Crippen LogP contribution in [0.25, 0.3) is 0 Å². The lowest BCUT2D eigenvalue weighted by Crippen LogP contribution is -2.21. The molecule has 0 aliphatic heterocycles. The van der Waals surface area contributed by atoms with Crippen LogP contribution in [0.15, 0.2) is 53.4 Å². The molecule has 0 aliphatic rings. The number of carbonyl (C=O) groups is 3. The summed E-state index contributed by atoms with van der Waals surface area (Å²) in [6.07, 6.45) is 0.636. The maximum absolute atomic E-state index is 12.5. The van der Waals surface area contributed by atoms with Crippen LogP contribution in [0.4, 0.5) is 14.5 Å². The van der Waals surface area contributed by atoms with Crippen LogP contribution in [-0.4, -0.2) is 30.5 Å². The van der Waals surface area contributed by atoms with Gasteiger partial charge in [-0.1, -0.05) is 36.0 Å². The number of ether oxygens (including phenoxy) is 1. The monoisotopic (exact) mass is 365 g/mol. The van der Waals surface area contributed by atoms with Crippen molar-refractivity contribution in [1.82, 2.24) is 0 Å². The van der Waals surface area contributed by atoms with Crippen LogP contribution in [0.2, 0.25) is 0 Å². The molecule has 0 heterocycles. The predicted molar refractivity (Wildman–Crippen MR) is 89.0 cm³/mol. The highest BCUT2D eigenvalue weighted by Gasteiger charge is 2.14. The largest absolute Gasteiger partial charge is 0.452 e. The third-order valence-electron chi connectivity index (χ3n) is 2.99. The Morgan fingerprint density at radius 1 is 1.12 bits per heavy atom. The molecule has 130 valence electrons. The van der Waals surface area contributed by atoms with Crippen molar-refractivity contribution in [2.75, 3.05) is 11.9 Å². The van der Waals surface area contributed by atoms with Crippen molar-refractivity contribution in [3.05, 3.63) is 59.7 Å². The molecule has 0 atom stereocenters. The average Bonchev–Trinajstić information content (AvgIpc) is 2.61. The summed E-state index contributed by atoms with van der Waals surface area (Å²) in [5.41, 5.74) is 0.804. The Balaban J connectivity index is 1.92. The number of alkyl halides is 2. The molecular formula is C17H13F2NO4S. The van der Waals surface area contributed by atoms with Gasteiger partial charge >= 0.3 is 5.97 Å². The van der Waals surface area contributed by atoms with Crippen molar-refractivity contribution in [2.24, 2.45) is 0 Å². The summed E-state index contributed by atoms with van der Waals surface area (Å²) in [7, 11) is 0. The number of rotatable bonds is 7. The summed E-state index contributed by atoms with van der Waals surface area (Å²) < 4.78 is 29.8. The van der Waals surface area contributed by atoms with E-state index in [0.717, 1.165) is 0 Å². The van der Waals surface area contributed by atoms with Crippen LogP contribution in [0, 0.1) is 0 Å². The Labute approximate surface area is 146 Å². The molecule has 0 spiro atoms. The van der Waals surface area contributed by atoms with Gasteiger partial charge in [-0.2, -0.15) is 8.78 Å². The summed E-state index contributed by atoms with van der Waals surface area (Å²) in [6, 6.07) is 11.8. The molecule has 2 aromatic rings. The standard InChI is InChI=1S/C17H13F2NO4S/c18-17(19)25-14-4-2-1-3-13(14)20-15(22)10-24-16(23)12-7-5-11(9-21)6-8-12/h1-9,17H,10H2,(H,20,22). The van der Waals surface area contributed by atoms with Gasteiger partial charge in [-0.15, -0.1) is 0 Å². The van der Waals surface area contributed by atoms with Crippen LogP contribution in [-0.2, 0) is 9.53 Å². The molecule has 1 N–H and O–H groups in total. The van der Waals surface area contributed by atoms with Gasteiger partial charge in [0.2, 0.25) is 0 Å². The number of esters is 1. The van der Waals surface area contributed by atoms with E-state index in [0.29, 0.717) is 23.6 Å². The van der Waals surface area contributed by atoms with Crippen molar-refractivity contribution in [3.63, 3.8) is 0 Å². The zero-order valence-corrected chi connectivity index (χ0v) is 13.6. The van der Waals surface area contributed by atoms with Gasteiger partial charge < -0.3 is 10.1 Å². The number of halogens is 2. The van der Waals surface area contributed by atoms with Gasteiger partial charge in [0.1, 0.15) is 6.29 Å². The van der Waals surface area contributed by atoms with Crippen molar-refractivity contribution in [3.8, 4) is 0 Å². The number of para-hydroxylation sites is 1. The Morgan fingerprint density at radius 2 is 1.80 bits per heavy atom. The second-order valence-corrected chi connectivity index (χ2v) is 5.77. The lowest BCUT2D eigenvalue weighted by atomic mass is 10.1. The van der Waals surface area contributed by atoms with Crippen LogP contribution in [0.1, 0.15) is 20.7 Å². The fraction of sp³-hybridized carbons (Fsp3) is 0.118. The van der Waals surface area contributed by atoms with Crippen molar-refractivity contribution in [2.45, 2.75) is 10.7 Å². The zero-order valence-electron chi connectivity index (χ0n) is 12.8. The third kappa shape index (κ3) is 5.68. The Morgan fingerprint density at radius 3 is 2.44 bits per heavy atom. The molecule has 0 aromatic heterocycles. The van der Waals surface area contributed by atoms with E-state index >= 15 is 0 Å². The van der Waals surface area contributed by atoms with Crippen molar-refractivity contribution >= 4 is 35.6 Å². The highest BCUT2D eigenvalue weighted by atomic mass is 32.2. The topological polar surface area (TPSA) is 72.5 Å². The van der Waals surface area contributed by atoms with Gasteiger partial charge in [0.15, 0.2) is 6.61 Å². The molecule has 0 saturated carbocycles. The first-order valence-electron chi connectivity index (χ1n) is 7.05. The Bertz CT molecular complexity index is 765. The quantitative estimate of drug-likeness (QED) is 0.461. The summed E-state index contributed by atoms with van der Waals surface area (Å²) in [4.78, 5) is 34.4. The molecule has 0 fully saturated rings. The van der Waals surface area contributed by atoms with E-state index in [4.69, 9.17) is 4.74 Å². The predicted octanol–water partition coefficient (Wildman–Crippen LogP) is 3.61. The van der Waals surface area contributed by atoms with Gasteiger partial charge in [-0.05, 0) is 24.3 Å². The first kappa shape index (κ1) is 18.6. The summed E-state index contributed by atoms with van der Waals surface area (Å²) in [6.45, 7) is -0.568. The third-order valence-corrected chi connectivity index (χ3v) is 3.78. The number of benzene rings is 2. The number of amides is 1. The fourth-order valence-electron chi connectivity index (χ4n) is 1.87. The van der Waals surface area contributed by atoms with Gasteiger partial charge in [0.25, 0.3) is 11.7 Å². The number of nitrogens with one attached hydrogen (secondary N) is 1. The first-order valence-corrected chi connectivity index (χ1v) is 7.93. The maximum Gasteiger partial charge on any atom is 0.338 e. The van der Waals surface area contributed by atoms with Gasteiger partial charge in [0.05, 0.1) is 11.3 Å². The molecule has 0 bridgehead atoms. The average molecular weight is 365 g/mol. The lowest BCUT2D eigenvalue weighted by Gasteiger charge is -2.10. The van der Waals surface area contributed by atoms with Crippen LogP contribution in [0.5, 0.6) is 0 Å². The normalized spacial score (nSPS) is 10.4. The van der Waals surface area contributed by atoms with Crippen LogP contribution in [0.3, 0.4) is 0 Å². The molecule has 0 unspecified atom stereocenters. The highest BCUT2D eigenvalue weighted by molar-refractivity contribution is 7.99. The summed E-state index contributed by atoms with van der Waals surface area (Å²) >= 11 is 0.307. The fourth-order valence-corrected chi connectivity index (χ4v) is 2.46. The number of carbonyl (C=O) groups excluding carboxylic acids is 3. The van der Waals surface area contributed by atoms with Crippen molar-refractivity contribution < 1.29 is 27.9 Å². The van der Waals surface area contributed by atoms with E-state index in [1.54, 1.807) is 12.1 Å². The van der Waals surface area contributed by atoms with Crippen molar-refractivity contribution in [1.29, 1.82) is 0 Å². The molecule has 5 nitrogen and oxygen atoms in total. The first-order chi connectivity index (χ1) is 12.0. The van der Waals surface area contributed by atoms with Gasteiger partial charge in [-0.25, -0.2) is 4.79 Å². The Hall–Kier alpha value is -2.74. The van der Waals surface area contributed by atoms with Gasteiger partial charge in [0, 0.05) is 10.5 Å². The smallest absolute Gasteiger partial charge is 0.338 e. The molecular weight excluding hydrogens is 352 g/mol. The van der Waals surface area contributed by atoms with E-state index in [2.05, 4.69) is 5.32 Å².